The summed E-state index contributed by atoms with van der Waals surface area (Å²) < 4.78 is 38.2. The summed E-state index contributed by atoms with van der Waals surface area (Å²) in [6, 6.07) is 0. The van der Waals surface area contributed by atoms with Gasteiger partial charge in [0.15, 0.2) is 0 Å². The molecular formula is C11H15F3O. The highest BCUT2D eigenvalue weighted by atomic mass is 19.4. The summed E-state index contributed by atoms with van der Waals surface area (Å²) in [5.74, 6) is -1.46. The normalized spacial score (nSPS) is 33.9. The van der Waals surface area contributed by atoms with Crippen molar-refractivity contribution < 1.29 is 18.0 Å². The van der Waals surface area contributed by atoms with Gasteiger partial charge in [-0.2, -0.15) is 13.2 Å². The van der Waals surface area contributed by atoms with E-state index in [-0.39, 0.29) is 31.0 Å². The first-order chi connectivity index (χ1) is 6.98. The van der Waals surface area contributed by atoms with E-state index in [9.17, 15) is 18.0 Å². The zero-order valence-corrected chi connectivity index (χ0v) is 8.52. The Kier molecular flexibility index (Phi) is 2.77. The zero-order valence-electron chi connectivity index (χ0n) is 8.52. The highest BCUT2D eigenvalue weighted by Gasteiger charge is 2.50. The molecular weight excluding hydrogens is 205 g/mol. The lowest BCUT2D eigenvalue weighted by molar-refractivity contribution is -0.204. The van der Waals surface area contributed by atoms with Crippen molar-refractivity contribution in [1.29, 1.82) is 0 Å². The van der Waals surface area contributed by atoms with E-state index in [0.29, 0.717) is 0 Å². The Balaban J connectivity index is 2.09. The van der Waals surface area contributed by atoms with E-state index in [0.717, 1.165) is 19.3 Å². The van der Waals surface area contributed by atoms with E-state index in [1.165, 1.54) is 0 Å². The summed E-state index contributed by atoms with van der Waals surface area (Å²) in [4.78, 5) is 11.2. The molecule has 0 amide bonds. The molecule has 2 unspecified atom stereocenters. The molecule has 15 heavy (non-hydrogen) atoms. The van der Waals surface area contributed by atoms with Gasteiger partial charge >= 0.3 is 6.18 Å². The molecule has 0 bridgehead atoms. The molecule has 0 saturated heterocycles. The van der Waals surface area contributed by atoms with Crippen molar-refractivity contribution in [2.75, 3.05) is 0 Å². The molecule has 2 rings (SSSR count). The number of alkyl halides is 3. The Labute approximate surface area is 87.0 Å². The molecule has 2 atom stereocenters. The number of rotatable bonds is 1. The molecule has 0 aromatic carbocycles. The summed E-state index contributed by atoms with van der Waals surface area (Å²) in [7, 11) is 0. The fourth-order valence-electron chi connectivity index (χ4n) is 2.81. The third kappa shape index (κ3) is 2.18. The highest BCUT2D eigenvalue weighted by Crippen LogP contribution is 2.48. The second-order valence-corrected chi connectivity index (χ2v) is 4.78. The molecule has 2 aliphatic carbocycles. The lowest BCUT2D eigenvalue weighted by atomic mass is 9.65. The van der Waals surface area contributed by atoms with Gasteiger partial charge in [0.25, 0.3) is 0 Å². The van der Waals surface area contributed by atoms with Gasteiger partial charge in [-0.1, -0.05) is 19.3 Å². The average molecular weight is 220 g/mol. The number of ketones is 1. The second kappa shape index (κ2) is 3.80. The minimum Gasteiger partial charge on any atom is -0.300 e. The molecule has 2 saturated carbocycles. The van der Waals surface area contributed by atoms with Crippen molar-refractivity contribution in [3.8, 4) is 0 Å². The van der Waals surface area contributed by atoms with Crippen LogP contribution in [0.15, 0.2) is 0 Å². The van der Waals surface area contributed by atoms with Gasteiger partial charge in [0.2, 0.25) is 0 Å². The second-order valence-electron chi connectivity index (χ2n) is 4.78. The van der Waals surface area contributed by atoms with Crippen molar-refractivity contribution in [3.63, 3.8) is 0 Å². The number of carbonyl (C=O) groups excluding carboxylic acids is 1. The van der Waals surface area contributed by atoms with Crippen LogP contribution in [0.4, 0.5) is 13.2 Å². The molecule has 2 aliphatic rings. The minimum absolute atomic E-state index is 0.0174. The van der Waals surface area contributed by atoms with Crippen LogP contribution in [0.3, 0.4) is 0 Å². The maximum atomic E-state index is 12.7. The first kappa shape index (κ1) is 11.0. The van der Waals surface area contributed by atoms with Gasteiger partial charge in [0, 0.05) is 12.8 Å². The Hall–Kier alpha value is -0.540. The summed E-state index contributed by atoms with van der Waals surface area (Å²) in [5.41, 5.74) is 0. The van der Waals surface area contributed by atoms with Crippen LogP contribution in [0.5, 0.6) is 0 Å². The largest absolute Gasteiger partial charge is 0.392 e. The predicted molar refractivity (Wildman–Crippen MR) is 49.2 cm³/mol. The van der Waals surface area contributed by atoms with Gasteiger partial charge in [-0.25, -0.2) is 0 Å². The third-order valence-corrected chi connectivity index (χ3v) is 3.89. The number of carbonyl (C=O) groups is 1. The smallest absolute Gasteiger partial charge is 0.300 e. The predicted octanol–water partition coefficient (Wildman–Crippen LogP) is 3.33. The van der Waals surface area contributed by atoms with Crippen LogP contribution in [-0.4, -0.2) is 12.0 Å². The number of halogens is 3. The van der Waals surface area contributed by atoms with Crippen molar-refractivity contribution in [2.45, 2.75) is 44.7 Å². The fourth-order valence-corrected chi connectivity index (χ4v) is 2.81. The van der Waals surface area contributed by atoms with Crippen LogP contribution in [-0.2, 0) is 4.79 Å². The van der Waals surface area contributed by atoms with Gasteiger partial charge < -0.3 is 0 Å². The van der Waals surface area contributed by atoms with Gasteiger partial charge in [-0.15, -0.1) is 0 Å². The van der Waals surface area contributed by atoms with E-state index in [1.54, 1.807) is 0 Å². The molecule has 2 fully saturated rings. The lowest BCUT2D eigenvalue weighted by Gasteiger charge is -2.41. The molecule has 0 N–H and O–H groups in total. The molecule has 1 nitrogen and oxygen atoms in total. The number of hydrogen-bond acceptors (Lipinski definition) is 1. The maximum absolute atomic E-state index is 12.7. The van der Waals surface area contributed by atoms with Gasteiger partial charge in [-0.05, 0) is 18.3 Å². The lowest BCUT2D eigenvalue weighted by Crippen LogP contribution is -2.41. The van der Waals surface area contributed by atoms with Crippen LogP contribution in [0, 0.1) is 17.8 Å². The summed E-state index contributed by atoms with van der Waals surface area (Å²) in [5, 5.41) is 0. The maximum Gasteiger partial charge on any atom is 0.392 e. The van der Waals surface area contributed by atoms with Gasteiger partial charge in [0.1, 0.15) is 5.78 Å². The van der Waals surface area contributed by atoms with Crippen molar-refractivity contribution >= 4 is 5.78 Å². The molecule has 0 aromatic rings. The average Bonchev–Trinajstić information content (AvgIpc) is 1.98. The summed E-state index contributed by atoms with van der Waals surface area (Å²) >= 11 is 0. The summed E-state index contributed by atoms with van der Waals surface area (Å²) in [6.07, 6.45) is -1.03. The number of hydrogen-bond donors (Lipinski definition) is 0. The van der Waals surface area contributed by atoms with Crippen LogP contribution in [0.2, 0.25) is 0 Å². The Morgan fingerprint density at radius 3 is 2.27 bits per heavy atom. The zero-order chi connectivity index (χ0) is 11.1. The first-order valence-electron chi connectivity index (χ1n) is 5.57. The SMILES string of the molecule is O=C1CCC(C(F)(F)F)C(C2CCC2)C1. The molecule has 0 heterocycles. The van der Waals surface area contributed by atoms with Crippen molar-refractivity contribution in [3.05, 3.63) is 0 Å². The fraction of sp³-hybridized carbons (Fsp3) is 0.909. The van der Waals surface area contributed by atoms with Crippen LogP contribution in [0.1, 0.15) is 38.5 Å². The van der Waals surface area contributed by atoms with Crippen LogP contribution >= 0.6 is 0 Å². The van der Waals surface area contributed by atoms with Gasteiger partial charge in [-0.3, -0.25) is 4.79 Å². The molecule has 86 valence electrons. The van der Waals surface area contributed by atoms with Gasteiger partial charge in [0.05, 0.1) is 5.92 Å². The molecule has 0 radical (unpaired) electrons. The first-order valence-corrected chi connectivity index (χ1v) is 5.57. The standard InChI is InChI=1S/C11H15F3O/c12-11(13,14)10-5-4-8(15)6-9(10)7-2-1-3-7/h7,9-10H,1-6H2. The van der Waals surface area contributed by atoms with Crippen molar-refractivity contribution in [1.82, 2.24) is 0 Å². The molecule has 0 aliphatic heterocycles. The van der Waals surface area contributed by atoms with Crippen LogP contribution < -0.4 is 0 Å². The Bertz CT molecular complexity index is 255. The van der Waals surface area contributed by atoms with E-state index in [2.05, 4.69) is 0 Å². The Morgan fingerprint density at radius 2 is 1.80 bits per heavy atom. The Morgan fingerprint density at radius 1 is 1.13 bits per heavy atom. The van der Waals surface area contributed by atoms with Crippen molar-refractivity contribution in [2.24, 2.45) is 17.8 Å². The third-order valence-electron chi connectivity index (χ3n) is 3.89. The highest BCUT2D eigenvalue weighted by molar-refractivity contribution is 5.79. The molecule has 4 heteroatoms. The van der Waals surface area contributed by atoms with E-state index in [1.807, 2.05) is 0 Å². The monoisotopic (exact) mass is 220 g/mol. The topological polar surface area (TPSA) is 17.1 Å². The van der Waals surface area contributed by atoms with E-state index in [4.69, 9.17) is 0 Å². The van der Waals surface area contributed by atoms with Crippen LogP contribution in [0.25, 0.3) is 0 Å². The van der Waals surface area contributed by atoms with E-state index < -0.39 is 18.0 Å². The molecule has 0 aromatic heterocycles. The van der Waals surface area contributed by atoms with E-state index >= 15 is 0 Å². The quantitative estimate of drug-likeness (QED) is 0.662. The summed E-state index contributed by atoms with van der Waals surface area (Å²) in [6.45, 7) is 0. The minimum atomic E-state index is -4.11. The molecule has 0 spiro atoms. The number of Topliss-reactive ketones (excluding diaryl/α,β-unsaturated/α-hetero) is 1.